The minimum atomic E-state index is -1.40. The lowest BCUT2D eigenvalue weighted by atomic mass is 9.99. The van der Waals surface area contributed by atoms with Crippen LogP contribution >= 0.6 is 15.9 Å². The van der Waals surface area contributed by atoms with Gasteiger partial charge in [-0.2, -0.15) is 0 Å². The molecule has 0 aliphatic carbocycles. The van der Waals surface area contributed by atoms with Gasteiger partial charge in [0.05, 0.1) is 23.6 Å². The van der Waals surface area contributed by atoms with Crippen LogP contribution in [0.3, 0.4) is 0 Å². The number of rotatable bonds is 6. The van der Waals surface area contributed by atoms with Crippen LogP contribution in [0.4, 0.5) is 20.6 Å². The summed E-state index contributed by atoms with van der Waals surface area (Å²) < 4.78 is 14.9. The zero-order valence-electron chi connectivity index (χ0n) is 21.4. The fourth-order valence-electron chi connectivity index (χ4n) is 4.50. The Morgan fingerprint density at radius 1 is 0.950 bits per heavy atom. The summed E-state index contributed by atoms with van der Waals surface area (Å²) >= 11 is 3.19. The molecule has 3 amide bonds. The standard InChI is InChI=1S/C31H24BrFN4O3/c1-19-9-5-6-12-22(19)27(38)18-37-26-14-8-7-13-23(26)28(20-10-3-2-4-11-20)35-29(30(37)39)36-31(40)34-25-16-15-21(32)17-24(25)33/h2-17,29H,18H2,1H3,(H2,34,36,40)/t29-/m0/s1. The summed E-state index contributed by atoms with van der Waals surface area (Å²) in [6, 6.07) is 26.9. The van der Waals surface area contributed by atoms with Crippen LogP contribution in [0, 0.1) is 12.7 Å². The highest BCUT2D eigenvalue weighted by atomic mass is 79.9. The molecule has 4 aromatic carbocycles. The first kappa shape index (κ1) is 27.0. The Hall–Kier alpha value is -4.63. The highest BCUT2D eigenvalue weighted by molar-refractivity contribution is 9.10. The SMILES string of the molecule is Cc1ccccc1C(=O)CN1C(=O)[C@H](NC(=O)Nc2ccc(Br)cc2F)N=C(c2ccccc2)c2ccccc21. The predicted molar refractivity (Wildman–Crippen MR) is 156 cm³/mol. The van der Waals surface area contributed by atoms with Gasteiger partial charge >= 0.3 is 6.03 Å². The van der Waals surface area contributed by atoms with Crippen LogP contribution in [0.5, 0.6) is 0 Å². The van der Waals surface area contributed by atoms with E-state index in [2.05, 4.69) is 31.6 Å². The lowest BCUT2D eigenvalue weighted by molar-refractivity contribution is -0.120. The Bertz CT molecular complexity index is 1640. The summed E-state index contributed by atoms with van der Waals surface area (Å²) in [5.74, 6) is -1.51. The quantitative estimate of drug-likeness (QED) is 0.262. The molecule has 40 heavy (non-hydrogen) atoms. The first-order valence-corrected chi connectivity index (χ1v) is 13.3. The summed E-state index contributed by atoms with van der Waals surface area (Å²) in [5.41, 5.74) is 3.52. The van der Waals surface area contributed by atoms with Crippen LogP contribution in [-0.4, -0.2) is 36.1 Å². The zero-order chi connectivity index (χ0) is 28.2. The molecule has 1 aliphatic rings. The minimum Gasteiger partial charge on any atom is -0.308 e. The summed E-state index contributed by atoms with van der Waals surface area (Å²) in [7, 11) is 0. The second-order valence-electron chi connectivity index (χ2n) is 9.15. The summed E-state index contributed by atoms with van der Waals surface area (Å²) in [4.78, 5) is 46.4. The summed E-state index contributed by atoms with van der Waals surface area (Å²) in [6.07, 6.45) is -1.40. The number of Topliss-reactive ketones (excluding diaryl/α,β-unsaturated/α-hetero) is 1. The number of anilines is 2. The fraction of sp³-hybridized carbons (Fsp3) is 0.0968. The van der Waals surface area contributed by atoms with Crippen molar-refractivity contribution in [3.63, 3.8) is 0 Å². The molecule has 2 N–H and O–H groups in total. The Balaban J connectivity index is 1.54. The molecular weight excluding hydrogens is 575 g/mol. The predicted octanol–water partition coefficient (Wildman–Crippen LogP) is 6.11. The molecule has 0 aromatic heterocycles. The molecule has 0 bridgehead atoms. The summed E-state index contributed by atoms with van der Waals surface area (Å²) in [5, 5.41) is 5.01. The number of urea groups is 1. The number of nitrogens with one attached hydrogen (secondary N) is 2. The molecule has 5 rings (SSSR count). The van der Waals surface area contributed by atoms with Gasteiger partial charge in [0, 0.05) is 21.2 Å². The number of hydrogen-bond donors (Lipinski definition) is 2. The van der Waals surface area contributed by atoms with Gasteiger partial charge in [0.25, 0.3) is 5.91 Å². The number of carbonyl (C=O) groups excluding carboxylic acids is 3. The molecule has 0 saturated heterocycles. The Kier molecular flexibility index (Phi) is 7.84. The van der Waals surface area contributed by atoms with Gasteiger partial charge in [0.15, 0.2) is 5.78 Å². The second-order valence-corrected chi connectivity index (χ2v) is 10.1. The monoisotopic (exact) mass is 598 g/mol. The minimum absolute atomic E-state index is 0.0658. The van der Waals surface area contributed by atoms with Crippen molar-refractivity contribution in [2.75, 3.05) is 16.8 Å². The molecule has 1 heterocycles. The van der Waals surface area contributed by atoms with Crippen LogP contribution in [-0.2, 0) is 4.79 Å². The van der Waals surface area contributed by atoms with Gasteiger partial charge in [-0.25, -0.2) is 14.2 Å². The molecule has 1 aliphatic heterocycles. The number of ketones is 1. The van der Waals surface area contributed by atoms with Crippen molar-refractivity contribution in [1.29, 1.82) is 0 Å². The number of fused-ring (bicyclic) bond motifs is 1. The molecule has 0 unspecified atom stereocenters. The van der Waals surface area contributed by atoms with Crippen LogP contribution < -0.4 is 15.5 Å². The lowest BCUT2D eigenvalue weighted by Crippen LogP contribution is -2.50. The maximum absolute atomic E-state index is 14.4. The number of para-hydroxylation sites is 1. The normalized spacial score (nSPS) is 14.6. The van der Waals surface area contributed by atoms with E-state index in [1.54, 1.807) is 30.3 Å². The molecule has 0 fully saturated rings. The van der Waals surface area contributed by atoms with Crippen LogP contribution in [0.25, 0.3) is 0 Å². The zero-order valence-corrected chi connectivity index (χ0v) is 23.0. The van der Waals surface area contributed by atoms with Gasteiger partial charge in [-0.15, -0.1) is 0 Å². The van der Waals surface area contributed by atoms with E-state index in [1.165, 1.54) is 17.0 Å². The maximum Gasteiger partial charge on any atom is 0.321 e. The van der Waals surface area contributed by atoms with Crippen molar-refractivity contribution in [3.05, 3.63) is 130 Å². The van der Waals surface area contributed by atoms with Crippen molar-refractivity contribution >= 4 is 50.7 Å². The summed E-state index contributed by atoms with van der Waals surface area (Å²) in [6.45, 7) is 1.57. The number of benzene rings is 4. The third-order valence-electron chi connectivity index (χ3n) is 6.45. The Morgan fingerprint density at radius 3 is 2.40 bits per heavy atom. The first-order valence-electron chi connectivity index (χ1n) is 12.5. The van der Waals surface area contributed by atoms with Crippen molar-refractivity contribution in [2.45, 2.75) is 13.1 Å². The topological polar surface area (TPSA) is 90.9 Å². The average molecular weight is 599 g/mol. The molecule has 7 nitrogen and oxygen atoms in total. The number of halogens is 2. The molecule has 0 saturated carbocycles. The number of carbonyl (C=O) groups is 3. The number of hydrogen-bond acceptors (Lipinski definition) is 4. The van der Waals surface area contributed by atoms with Crippen LogP contribution in [0.1, 0.15) is 27.0 Å². The van der Waals surface area contributed by atoms with E-state index in [9.17, 15) is 18.8 Å². The molecular formula is C31H24BrFN4O3. The smallest absolute Gasteiger partial charge is 0.308 e. The molecule has 0 spiro atoms. The van der Waals surface area contributed by atoms with Gasteiger partial charge in [-0.1, -0.05) is 88.7 Å². The number of amides is 3. The van der Waals surface area contributed by atoms with E-state index in [-0.39, 0.29) is 18.0 Å². The van der Waals surface area contributed by atoms with Gasteiger partial charge in [-0.3, -0.25) is 9.59 Å². The highest BCUT2D eigenvalue weighted by Crippen LogP contribution is 2.29. The molecule has 4 aromatic rings. The van der Waals surface area contributed by atoms with Crippen molar-refractivity contribution < 1.29 is 18.8 Å². The van der Waals surface area contributed by atoms with E-state index < -0.39 is 23.9 Å². The fourth-order valence-corrected chi connectivity index (χ4v) is 4.83. The largest absolute Gasteiger partial charge is 0.321 e. The molecule has 9 heteroatoms. The third-order valence-corrected chi connectivity index (χ3v) is 6.94. The molecule has 200 valence electrons. The van der Waals surface area contributed by atoms with E-state index in [0.29, 0.717) is 27.0 Å². The van der Waals surface area contributed by atoms with Crippen molar-refractivity contribution in [2.24, 2.45) is 4.99 Å². The average Bonchev–Trinajstić information content (AvgIpc) is 3.06. The van der Waals surface area contributed by atoms with E-state index >= 15 is 0 Å². The van der Waals surface area contributed by atoms with Gasteiger partial charge in [0.1, 0.15) is 5.82 Å². The number of aliphatic imine (C=N–C) groups is 1. The van der Waals surface area contributed by atoms with Gasteiger partial charge < -0.3 is 15.5 Å². The number of benzodiazepines with no additional fused rings is 1. The van der Waals surface area contributed by atoms with Crippen LogP contribution in [0.15, 0.2) is 107 Å². The Labute approximate surface area is 238 Å². The first-order chi connectivity index (χ1) is 19.3. The molecule has 0 radical (unpaired) electrons. The maximum atomic E-state index is 14.4. The van der Waals surface area contributed by atoms with Crippen molar-refractivity contribution in [1.82, 2.24) is 5.32 Å². The van der Waals surface area contributed by atoms with E-state index in [4.69, 9.17) is 0 Å². The van der Waals surface area contributed by atoms with Gasteiger partial charge in [0.2, 0.25) is 6.17 Å². The van der Waals surface area contributed by atoms with Gasteiger partial charge in [-0.05, 0) is 36.8 Å². The lowest BCUT2D eigenvalue weighted by Gasteiger charge is -2.25. The van der Waals surface area contributed by atoms with E-state index in [1.807, 2.05) is 61.5 Å². The van der Waals surface area contributed by atoms with Crippen LogP contribution in [0.2, 0.25) is 0 Å². The van der Waals surface area contributed by atoms with Crippen molar-refractivity contribution in [3.8, 4) is 0 Å². The second kappa shape index (κ2) is 11.6. The van der Waals surface area contributed by atoms with E-state index in [0.717, 1.165) is 11.1 Å². The Morgan fingerprint density at radius 2 is 1.65 bits per heavy atom. The number of aryl methyl sites for hydroxylation is 1. The molecule has 1 atom stereocenters. The number of nitrogens with zero attached hydrogens (tertiary/aromatic N) is 2. The highest BCUT2D eigenvalue weighted by Gasteiger charge is 2.34. The third kappa shape index (κ3) is 5.69.